The number of rotatable bonds is 5. The van der Waals surface area contributed by atoms with Gasteiger partial charge in [0.15, 0.2) is 0 Å². The van der Waals surface area contributed by atoms with Gasteiger partial charge in [-0.2, -0.15) is 0 Å². The van der Waals surface area contributed by atoms with Gasteiger partial charge in [-0.25, -0.2) is 8.42 Å². The first-order valence-electron chi connectivity index (χ1n) is 8.40. The van der Waals surface area contributed by atoms with Crippen molar-refractivity contribution in [3.05, 3.63) is 47.5 Å². The minimum atomic E-state index is -3.74. The third kappa shape index (κ3) is 3.53. The number of ether oxygens (including phenoxy) is 1. The number of hydrogen-bond acceptors (Lipinski definition) is 4. The monoisotopic (exact) mass is 374 g/mol. The predicted octanol–water partition coefficient (Wildman–Crippen LogP) is 3.24. The molecule has 1 aliphatic rings. The maximum absolute atomic E-state index is 12.7. The molecule has 1 amide bonds. The summed E-state index contributed by atoms with van der Waals surface area (Å²) in [6, 6.07) is 9.94. The Morgan fingerprint density at radius 2 is 1.85 bits per heavy atom. The van der Waals surface area contributed by atoms with Gasteiger partial charge in [0.05, 0.1) is 17.7 Å². The molecule has 0 atom stereocenters. The molecule has 0 aliphatic carbocycles. The summed E-state index contributed by atoms with van der Waals surface area (Å²) in [5.74, 6) is 0.702. The largest absolute Gasteiger partial charge is 0.496 e. The first-order chi connectivity index (χ1) is 12.3. The molecule has 1 fully saturated rings. The number of hydrogen-bond donors (Lipinski definition) is 1. The van der Waals surface area contributed by atoms with E-state index < -0.39 is 10.0 Å². The Bertz CT molecular complexity index is 954. The summed E-state index contributed by atoms with van der Waals surface area (Å²) in [6.07, 6.45) is 1.35. The summed E-state index contributed by atoms with van der Waals surface area (Å²) >= 11 is 0. The van der Waals surface area contributed by atoms with E-state index in [-0.39, 0.29) is 10.8 Å². The van der Waals surface area contributed by atoms with E-state index in [2.05, 4.69) is 4.72 Å². The molecule has 0 radical (unpaired) electrons. The molecule has 1 saturated heterocycles. The standard InChI is InChI=1S/C19H22N2O4S/c1-13-6-7-15(12-17(13)21-10-4-5-19(21)22)20-26(23,24)16-8-9-18(25-3)14(2)11-16/h6-9,11-12,20H,4-5,10H2,1-3H3. The first-order valence-corrected chi connectivity index (χ1v) is 9.88. The second-order valence-electron chi connectivity index (χ2n) is 6.39. The van der Waals surface area contributed by atoms with Crippen molar-refractivity contribution in [1.29, 1.82) is 0 Å². The van der Waals surface area contributed by atoms with E-state index in [1.807, 2.05) is 13.0 Å². The van der Waals surface area contributed by atoms with Crippen LogP contribution in [0.25, 0.3) is 0 Å². The van der Waals surface area contributed by atoms with Crippen molar-refractivity contribution < 1.29 is 17.9 Å². The van der Waals surface area contributed by atoms with Gasteiger partial charge < -0.3 is 9.64 Å². The van der Waals surface area contributed by atoms with Crippen LogP contribution in [0.5, 0.6) is 5.75 Å². The molecule has 1 aliphatic heterocycles. The van der Waals surface area contributed by atoms with Crippen LogP contribution in [0.4, 0.5) is 11.4 Å². The second-order valence-corrected chi connectivity index (χ2v) is 8.07. The van der Waals surface area contributed by atoms with Crippen LogP contribution < -0.4 is 14.4 Å². The number of nitrogens with one attached hydrogen (secondary N) is 1. The van der Waals surface area contributed by atoms with Crippen LogP contribution in [-0.2, 0) is 14.8 Å². The molecule has 7 heteroatoms. The van der Waals surface area contributed by atoms with Gasteiger partial charge in [0.2, 0.25) is 5.91 Å². The summed E-state index contributed by atoms with van der Waals surface area (Å²) in [5, 5.41) is 0. The van der Waals surface area contributed by atoms with Crippen LogP contribution in [-0.4, -0.2) is 28.0 Å². The Kier molecular flexibility index (Phi) is 4.91. The predicted molar refractivity (Wildman–Crippen MR) is 101 cm³/mol. The molecule has 0 bridgehead atoms. The molecule has 0 aromatic heterocycles. The average Bonchev–Trinajstić information content (AvgIpc) is 3.02. The summed E-state index contributed by atoms with van der Waals surface area (Å²) in [4.78, 5) is 13.9. The number of aryl methyl sites for hydroxylation is 2. The van der Waals surface area contributed by atoms with Crippen LogP contribution in [0.2, 0.25) is 0 Å². The van der Waals surface area contributed by atoms with Gasteiger partial charge in [0, 0.05) is 18.7 Å². The zero-order chi connectivity index (χ0) is 18.9. The fraction of sp³-hybridized carbons (Fsp3) is 0.316. The Balaban J connectivity index is 1.90. The molecule has 0 unspecified atom stereocenters. The molecule has 2 aromatic carbocycles. The fourth-order valence-corrected chi connectivity index (χ4v) is 4.23. The van der Waals surface area contributed by atoms with Crippen molar-refractivity contribution in [3.8, 4) is 5.75 Å². The lowest BCUT2D eigenvalue weighted by molar-refractivity contribution is -0.117. The molecule has 0 spiro atoms. The minimum absolute atomic E-state index is 0.0684. The fourth-order valence-electron chi connectivity index (χ4n) is 3.10. The van der Waals surface area contributed by atoms with Crippen LogP contribution in [0.1, 0.15) is 24.0 Å². The van der Waals surface area contributed by atoms with Crippen molar-refractivity contribution in [1.82, 2.24) is 0 Å². The van der Waals surface area contributed by atoms with E-state index in [1.165, 1.54) is 6.07 Å². The quantitative estimate of drug-likeness (QED) is 0.872. The second kappa shape index (κ2) is 6.99. The SMILES string of the molecule is COc1ccc(S(=O)(=O)Nc2ccc(C)c(N3CCCC3=O)c2)cc1C. The molecule has 1 N–H and O–H groups in total. The van der Waals surface area contributed by atoms with E-state index in [1.54, 1.807) is 43.2 Å². The molecule has 2 aromatic rings. The molecule has 138 valence electrons. The summed E-state index contributed by atoms with van der Waals surface area (Å²) in [6.45, 7) is 4.36. The van der Waals surface area contributed by atoms with Gasteiger partial charge in [-0.1, -0.05) is 6.07 Å². The van der Waals surface area contributed by atoms with Gasteiger partial charge in [0.1, 0.15) is 5.75 Å². The number of amides is 1. The molecule has 0 saturated carbocycles. The highest BCUT2D eigenvalue weighted by Gasteiger charge is 2.24. The number of nitrogens with zero attached hydrogens (tertiary/aromatic N) is 1. The minimum Gasteiger partial charge on any atom is -0.496 e. The third-order valence-corrected chi connectivity index (χ3v) is 5.88. The number of carbonyl (C=O) groups excluding carboxylic acids is 1. The highest BCUT2D eigenvalue weighted by molar-refractivity contribution is 7.92. The normalized spacial score (nSPS) is 14.6. The zero-order valence-electron chi connectivity index (χ0n) is 15.1. The van der Waals surface area contributed by atoms with Gasteiger partial charge in [-0.3, -0.25) is 9.52 Å². The molecule has 1 heterocycles. The highest BCUT2D eigenvalue weighted by Crippen LogP contribution is 2.29. The van der Waals surface area contributed by atoms with E-state index in [0.717, 1.165) is 23.2 Å². The van der Waals surface area contributed by atoms with Crippen LogP contribution in [0.15, 0.2) is 41.3 Å². The molecule has 6 nitrogen and oxygen atoms in total. The van der Waals surface area contributed by atoms with Gasteiger partial charge in [-0.05, 0) is 61.7 Å². The van der Waals surface area contributed by atoms with Gasteiger partial charge in [-0.15, -0.1) is 0 Å². The maximum Gasteiger partial charge on any atom is 0.261 e. The Morgan fingerprint density at radius 3 is 2.46 bits per heavy atom. The Labute approximate surface area is 153 Å². The van der Waals surface area contributed by atoms with E-state index in [9.17, 15) is 13.2 Å². The third-order valence-electron chi connectivity index (χ3n) is 4.50. The van der Waals surface area contributed by atoms with Crippen LogP contribution in [0.3, 0.4) is 0 Å². The van der Waals surface area contributed by atoms with Gasteiger partial charge >= 0.3 is 0 Å². The Morgan fingerprint density at radius 1 is 1.08 bits per heavy atom. The Hall–Kier alpha value is -2.54. The van der Waals surface area contributed by atoms with Crippen LogP contribution in [0, 0.1) is 13.8 Å². The molecule has 26 heavy (non-hydrogen) atoms. The summed E-state index contributed by atoms with van der Waals surface area (Å²) in [5.41, 5.74) is 2.85. The number of methoxy groups -OCH3 is 1. The topological polar surface area (TPSA) is 75.7 Å². The average molecular weight is 374 g/mol. The lowest BCUT2D eigenvalue weighted by Crippen LogP contribution is -2.24. The maximum atomic E-state index is 12.7. The van der Waals surface area contributed by atoms with Crippen LogP contribution >= 0.6 is 0 Å². The number of benzene rings is 2. The van der Waals surface area contributed by atoms with E-state index >= 15 is 0 Å². The first kappa shape index (κ1) is 18.3. The number of carbonyl (C=O) groups is 1. The van der Waals surface area contributed by atoms with E-state index in [0.29, 0.717) is 24.4 Å². The lowest BCUT2D eigenvalue weighted by atomic mass is 10.1. The smallest absolute Gasteiger partial charge is 0.261 e. The molecular formula is C19H22N2O4S. The zero-order valence-corrected chi connectivity index (χ0v) is 15.9. The lowest BCUT2D eigenvalue weighted by Gasteiger charge is -2.20. The molecule has 3 rings (SSSR count). The number of anilines is 2. The van der Waals surface area contributed by atoms with Gasteiger partial charge in [0.25, 0.3) is 10.0 Å². The van der Waals surface area contributed by atoms with Crippen molar-refractivity contribution >= 4 is 27.3 Å². The van der Waals surface area contributed by atoms with E-state index in [4.69, 9.17) is 4.74 Å². The van der Waals surface area contributed by atoms with Crippen molar-refractivity contribution in [2.45, 2.75) is 31.6 Å². The summed E-state index contributed by atoms with van der Waals surface area (Å²) < 4.78 is 33.2. The van der Waals surface area contributed by atoms with Crippen molar-refractivity contribution in [2.75, 3.05) is 23.3 Å². The summed E-state index contributed by atoms with van der Waals surface area (Å²) in [7, 11) is -2.19. The van der Waals surface area contributed by atoms with Crippen molar-refractivity contribution in [3.63, 3.8) is 0 Å². The molecular weight excluding hydrogens is 352 g/mol. The van der Waals surface area contributed by atoms with Crippen molar-refractivity contribution in [2.24, 2.45) is 0 Å². The highest BCUT2D eigenvalue weighted by atomic mass is 32.2. The number of sulfonamides is 1.